The smallest absolute Gasteiger partial charge is 0.272 e. The quantitative estimate of drug-likeness (QED) is 0.847. The predicted molar refractivity (Wildman–Crippen MR) is 88.5 cm³/mol. The second-order valence-electron chi connectivity index (χ2n) is 5.76. The van der Waals surface area contributed by atoms with Gasteiger partial charge < -0.3 is 9.80 Å². The molecule has 3 rings (SSSR count). The van der Waals surface area contributed by atoms with Crippen LogP contribution in [0.3, 0.4) is 0 Å². The summed E-state index contributed by atoms with van der Waals surface area (Å²) >= 11 is 0. The first-order chi connectivity index (χ1) is 11.1. The third kappa shape index (κ3) is 3.64. The zero-order valence-electron chi connectivity index (χ0n) is 13.6. The molecule has 0 radical (unpaired) electrons. The highest BCUT2D eigenvalue weighted by molar-refractivity contribution is 5.92. The Kier molecular flexibility index (Phi) is 4.50. The maximum absolute atomic E-state index is 12.5. The van der Waals surface area contributed by atoms with Gasteiger partial charge in [-0.3, -0.25) is 9.78 Å². The Labute approximate surface area is 136 Å². The second kappa shape index (κ2) is 6.73. The van der Waals surface area contributed by atoms with Crippen LogP contribution in [0.2, 0.25) is 0 Å². The van der Waals surface area contributed by atoms with Gasteiger partial charge in [0.15, 0.2) is 0 Å². The van der Waals surface area contributed by atoms with Crippen molar-refractivity contribution in [3.05, 3.63) is 47.7 Å². The molecule has 3 heterocycles. The highest BCUT2D eigenvalue weighted by Gasteiger charge is 2.21. The van der Waals surface area contributed by atoms with Gasteiger partial charge in [0.1, 0.15) is 17.3 Å². The third-order valence-electron chi connectivity index (χ3n) is 3.94. The van der Waals surface area contributed by atoms with E-state index in [1.165, 1.54) is 0 Å². The Bertz CT molecular complexity index is 668. The monoisotopic (exact) mass is 311 g/mol. The number of carbonyl (C=O) groups excluding carboxylic acids is 1. The molecular formula is C17H21N5O. The molecule has 0 unspecified atom stereocenters. The van der Waals surface area contributed by atoms with Gasteiger partial charge in [0.2, 0.25) is 0 Å². The fourth-order valence-corrected chi connectivity index (χ4v) is 2.86. The summed E-state index contributed by atoms with van der Waals surface area (Å²) in [4.78, 5) is 29.6. The summed E-state index contributed by atoms with van der Waals surface area (Å²) in [6.45, 7) is 6.97. The fraction of sp³-hybridized carbons (Fsp3) is 0.412. The second-order valence-corrected chi connectivity index (χ2v) is 5.76. The van der Waals surface area contributed by atoms with E-state index in [9.17, 15) is 4.79 Å². The summed E-state index contributed by atoms with van der Waals surface area (Å²) < 4.78 is 0. The van der Waals surface area contributed by atoms with E-state index in [4.69, 9.17) is 0 Å². The summed E-state index contributed by atoms with van der Waals surface area (Å²) in [5.41, 5.74) is 1.48. The number of aromatic nitrogens is 3. The fourth-order valence-electron chi connectivity index (χ4n) is 2.86. The Hall–Kier alpha value is -2.50. The van der Waals surface area contributed by atoms with Crippen molar-refractivity contribution in [1.82, 2.24) is 19.9 Å². The summed E-state index contributed by atoms with van der Waals surface area (Å²) in [7, 11) is 0. The zero-order valence-corrected chi connectivity index (χ0v) is 13.6. The molecule has 6 heteroatoms. The number of rotatable bonds is 2. The normalized spacial score (nSPS) is 15.4. The Balaban J connectivity index is 1.71. The average Bonchev–Trinajstić information content (AvgIpc) is 2.80. The van der Waals surface area contributed by atoms with Crippen molar-refractivity contribution >= 4 is 11.7 Å². The molecule has 120 valence electrons. The predicted octanol–water partition coefficient (Wildman–Crippen LogP) is 1.84. The van der Waals surface area contributed by atoms with E-state index in [2.05, 4.69) is 19.9 Å². The van der Waals surface area contributed by atoms with Crippen molar-refractivity contribution in [1.29, 1.82) is 0 Å². The van der Waals surface area contributed by atoms with Gasteiger partial charge in [-0.15, -0.1) is 0 Å². The molecule has 0 spiro atoms. The largest absolute Gasteiger partial charge is 0.355 e. The van der Waals surface area contributed by atoms with Gasteiger partial charge in [0.25, 0.3) is 5.91 Å². The van der Waals surface area contributed by atoms with Crippen LogP contribution in [0.5, 0.6) is 0 Å². The van der Waals surface area contributed by atoms with E-state index in [1.54, 1.807) is 12.3 Å². The van der Waals surface area contributed by atoms with Crippen molar-refractivity contribution in [2.75, 3.05) is 31.1 Å². The molecule has 0 aromatic carbocycles. The van der Waals surface area contributed by atoms with Crippen LogP contribution in [0.15, 0.2) is 30.5 Å². The van der Waals surface area contributed by atoms with Crippen molar-refractivity contribution in [3.63, 3.8) is 0 Å². The topological polar surface area (TPSA) is 62.2 Å². The maximum atomic E-state index is 12.5. The molecule has 0 N–H and O–H groups in total. The van der Waals surface area contributed by atoms with E-state index in [0.717, 1.165) is 43.4 Å². The minimum atomic E-state index is 0.00231. The van der Waals surface area contributed by atoms with Crippen molar-refractivity contribution in [3.8, 4) is 0 Å². The van der Waals surface area contributed by atoms with E-state index in [0.29, 0.717) is 12.2 Å². The number of hydrogen-bond donors (Lipinski definition) is 0. The van der Waals surface area contributed by atoms with Gasteiger partial charge in [-0.1, -0.05) is 6.07 Å². The van der Waals surface area contributed by atoms with Gasteiger partial charge in [-0.25, -0.2) is 9.97 Å². The van der Waals surface area contributed by atoms with Crippen LogP contribution in [0.4, 0.5) is 5.82 Å². The van der Waals surface area contributed by atoms with Crippen molar-refractivity contribution < 1.29 is 4.79 Å². The average molecular weight is 311 g/mol. The SMILES string of the molecule is Cc1cc(N2CCCN(C(=O)c3ccccn3)CC2)nc(C)n1. The number of aryl methyl sites for hydroxylation is 2. The number of anilines is 1. The molecule has 6 nitrogen and oxygen atoms in total. The lowest BCUT2D eigenvalue weighted by Crippen LogP contribution is -2.35. The number of pyridine rings is 1. The Morgan fingerprint density at radius 2 is 1.96 bits per heavy atom. The van der Waals surface area contributed by atoms with E-state index in [1.807, 2.05) is 36.9 Å². The van der Waals surface area contributed by atoms with Gasteiger partial charge in [-0.2, -0.15) is 0 Å². The molecule has 1 amide bonds. The first-order valence-electron chi connectivity index (χ1n) is 7.91. The standard InChI is InChI=1S/C17H21N5O/c1-13-12-16(20-14(2)19-13)21-8-5-9-22(11-10-21)17(23)15-6-3-4-7-18-15/h3-4,6-7,12H,5,8-11H2,1-2H3. The first kappa shape index (κ1) is 15.4. The minimum absolute atomic E-state index is 0.00231. The molecule has 0 saturated carbocycles. The molecule has 23 heavy (non-hydrogen) atoms. The van der Waals surface area contributed by atoms with Crippen LogP contribution >= 0.6 is 0 Å². The number of nitrogens with zero attached hydrogens (tertiary/aromatic N) is 5. The summed E-state index contributed by atoms with van der Waals surface area (Å²) in [6.07, 6.45) is 2.57. The third-order valence-corrected chi connectivity index (χ3v) is 3.94. The van der Waals surface area contributed by atoms with Crippen molar-refractivity contribution in [2.45, 2.75) is 20.3 Å². The van der Waals surface area contributed by atoms with E-state index >= 15 is 0 Å². The van der Waals surface area contributed by atoms with Gasteiger partial charge in [0, 0.05) is 44.1 Å². The van der Waals surface area contributed by atoms with Crippen LogP contribution in [-0.2, 0) is 0 Å². The zero-order chi connectivity index (χ0) is 16.2. The molecule has 1 saturated heterocycles. The molecule has 0 aliphatic carbocycles. The summed E-state index contributed by atoms with van der Waals surface area (Å²) in [5, 5.41) is 0. The molecular weight excluding hydrogens is 290 g/mol. The van der Waals surface area contributed by atoms with Crippen LogP contribution in [0, 0.1) is 13.8 Å². The molecule has 1 aliphatic heterocycles. The number of carbonyl (C=O) groups is 1. The summed E-state index contributed by atoms with van der Waals surface area (Å²) in [6, 6.07) is 7.43. The van der Waals surface area contributed by atoms with Crippen LogP contribution in [-0.4, -0.2) is 51.9 Å². The van der Waals surface area contributed by atoms with Crippen molar-refractivity contribution in [2.24, 2.45) is 0 Å². The first-order valence-corrected chi connectivity index (χ1v) is 7.91. The van der Waals surface area contributed by atoms with Gasteiger partial charge >= 0.3 is 0 Å². The van der Waals surface area contributed by atoms with E-state index in [-0.39, 0.29) is 5.91 Å². The Morgan fingerprint density at radius 3 is 2.70 bits per heavy atom. The maximum Gasteiger partial charge on any atom is 0.272 e. The summed E-state index contributed by atoms with van der Waals surface area (Å²) in [5.74, 6) is 1.73. The van der Waals surface area contributed by atoms with Gasteiger partial charge in [0.05, 0.1) is 0 Å². The molecule has 0 bridgehead atoms. The van der Waals surface area contributed by atoms with E-state index < -0.39 is 0 Å². The lowest BCUT2D eigenvalue weighted by molar-refractivity contribution is 0.0761. The number of hydrogen-bond acceptors (Lipinski definition) is 5. The minimum Gasteiger partial charge on any atom is -0.355 e. The molecule has 1 fully saturated rings. The molecule has 2 aromatic heterocycles. The van der Waals surface area contributed by atoms with Gasteiger partial charge in [-0.05, 0) is 32.4 Å². The molecule has 2 aromatic rings. The highest BCUT2D eigenvalue weighted by Crippen LogP contribution is 2.16. The molecule has 0 atom stereocenters. The van der Waals surface area contributed by atoms with Crippen LogP contribution < -0.4 is 4.90 Å². The number of amides is 1. The Morgan fingerprint density at radius 1 is 1.09 bits per heavy atom. The lowest BCUT2D eigenvalue weighted by atomic mass is 10.3. The van der Waals surface area contributed by atoms with Crippen LogP contribution in [0.1, 0.15) is 28.4 Å². The molecule has 1 aliphatic rings. The highest BCUT2D eigenvalue weighted by atomic mass is 16.2. The lowest BCUT2D eigenvalue weighted by Gasteiger charge is -2.23. The van der Waals surface area contributed by atoms with Crippen LogP contribution in [0.25, 0.3) is 0 Å².